The molecule has 0 atom stereocenters. The largest absolute Gasteiger partial charge is 0.504 e. The Bertz CT molecular complexity index is 618. The van der Waals surface area contributed by atoms with Gasteiger partial charge in [-0.1, -0.05) is 23.2 Å². The van der Waals surface area contributed by atoms with Gasteiger partial charge in [0.05, 0.1) is 10.7 Å². The molecule has 2 N–H and O–H groups in total. The number of nitrogens with one attached hydrogen (secondary N) is 1. The van der Waals surface area contributed by atoms with Crippen LogP contribution in [0.2, 0.25) is 10.0 Å². The number of phenols is 1. The predicted octanol–water partition coefficient (Wildman–Crippen LogP) is 3.67. The molecule has 0 unspecified atom stereocenters. The number of aromatic nitrogens is 1. The second kappa shape index (κ2) is 6.59. The molecule has 0 aliphatic rings. The van der Waals surface area contributed by atoms with Crippen molar-refractivity contribution in [1.82, 2.24) is 4.98 Å². The van der Waals surface area contributed by atoms with Gasteiger partial charge in [-0.25, -0.2) is 0 Å². The minimum Gasteiger partial charge on any atom is -0.504 e. The number of nitrogens with zero attached hydrogens (tertiary/aromatic N) is 1. The van der Waals surface area contributed by atoms with Gasteiger partial charge < -0.3 is 10.4 Å². The van der Waals surface area contributed by atoms with E-state index in [1.807, 2.05) is 12.1 Å². The van der Waals surface area contributed by atoms with E-state index in [1.54, 1.807) is 12.4 Å². The summed E-state index contributed by atoms with van der Waals surface area (Å²) < 4.78 is 0. The van der Waals surface area contributed by atoms with Crippen LogP contribution in [-0.4, -0.2) is 16.0 Å². The molecule has 104 valence electrons. The van der Waals surface area contributed by atoms with Gasteiger partial charge in [-0.05, 0) is 36.2 Å². The molecule has 0 bridgehead atoms. The lowest BCUT2D eigenvalue weighted by Crippen LogP contribution is -2.12. The van der Waals surface area contributed by atoms with Crippen molar-refractivity contribution in [1.29, 1.82) is 0 Å². The number of aromatic hydroxyl groups is 1. The minimum atomic E-state index is -0.226. The summed E-state index contributed by atoms with van der Waals surface area (Å²) in [6.45, 7) is 0. The van der Waals surface area contributed by atoms with Gasteiger partial charge in [0.2, 0.25) is 5.91 Å². The second-order valence-electron chi connectivity index (χ2n) is 4.19. The van der Waals surface area contributed by atoms with Gasteiger partial charge in [0.1, 0.15) is 0 Å². The Morgan fingerprint density at radius 1 is 1.25 bits per heavy atom. The zero-order valence-corrected chi connectivity index (χ0v) is 11.9. The van der Waals surface area contributed by atoms with E-state index in [9.17, 15) is 9.90 Å². The number of hydrogen-bond acceptors (Lipinski definition) is 3. The second-order valence-corrected chi connectivity index (χ2v) is 5.03. The first kappa shape index (κ1) is 14.6. The van der Waals surface area contributed by atoms with E-state index in [0.717, 1.165) is 5.56 Å². The molecule has 6 heteroatoms. The number of carbonyl (C=O) groups excluding carboxylic acids is 1. The summed E-state index contributed by atoms with van der Waals surface area (Å²) in [6, 6.07) is 6.56. The molecule has 0 spiro atoms. The number of pyridine rings is 1. The Balaban J connectivity index is 1.98. The van der Waals surface area contributed by atoms with Crippen LogP contribution in [-0.2, 0) is 11.2 Å². The first-order valence-electron chi connectivity index (χ1n) is 5.93. The normalized spacial score (nSPS) is 10.3. The third kappa shape index (κ3) is 3.85. The third-order valence-corrected chi connectivity index (χ3v) is 3.20. The number of hydrogen-bond donors (Lipinski definition) is 2. The average Bonchev–Trinajstić information content (AvgIpc) is 2.43. The van der Waals surface area contributed by atoms with E-state index in [0.29, 0.717) is 11.4 Å². The summed E-state index contributed by atoms with van der Waals surface area (Å²) in [4.78, 5) is 15.7. The van der Waals surface area contributed by atoms with Crippen LogP contribution in [0.3, 0.4) is 0 Å². The maximum absolute atomic E-state index is 11.8. The number of anilines is 1. The Morgan fingerprint density at radius 2 is 1.95 bits per heavy atom. The van der Waals surface area contributed by atoms with Crippen LogP contribution in [0.1, 0.15) is 12.0 Å². The van der Waals surface area contributed by atoms with E-state index in [2.05, 4.69) is 10.3 Å². The van der Waals surface area contributed by atoms with E-state index >= 15 is 0 Å². The summed E-state index contributed by atoms with van der Waals surface area (Å²) in [5.41, 5.74) is 1.23. The van der Waals surface area contributed by atoms with Crippen molar-refractivity contribution >= 4 is 34.8 Å². The maximum Gasteiger partial charge on any atom is 0.224 e. The van der Waals surface area contributed by atoms with Crippen LogP contribution in [0.4, 0.5) is 5.69 Å². The SMILES string of the molecule is O=C(CCc1ccncc1)Nc1cc(Cl)cc(Cl)c1O. The molecule has 1 heterocycles. The van der Waals surface area contributed by atoms with Crippen LogP contribution in [0.15, 0.2) is 36.7 Å². The lowest BCUT2D eigenvalue weighted by Gasteiger charge is -2.09. The molecule has 1 amide bonds. The molecule has 20 heavy (non-hydrogen) atoms. The molecule has 2 rings (SSSR count). The average molecular weight is 311 g/mol. The van der Waals surface area contributed by atoms with Crippen molar-refractivity contribution in [2.45, 2.75) is 12.8 Å². The van der Waals surface area contributed by atoms with Gasteiger partial charge >= 0.3 is 0 Å². The van der Waals surface area contributed by atoms with Crippen LogP contribution in [0.25, 0.3) is 0 Å². The molecular weight excluding hydrogens is 299 g/mol. The van der Waals surface area contributed by atoms with Crippen LogP contribution < -0.4 is 5.32 Å². The van der Waals surface area contributed by atoms with Crippen molar-refractivity contribution in [3.05, 3.63) is 52.3 Å². The zero-order valence-electron chi connectivity index (χ0n) is 10.4. The first-order valence-corrected chi connectivity index (χ1v) is 6.68. The van der Waals surface area contributed by atoms with Crippen molar-refractivity contribution in [2.75, 3.05) is 5.32 Å². The van der Waals surface area contributed by atoms with Gasteiger partial charge in [0, 0.05) is 23.8 Å². The van der Waals surface area contributed by atoms with E-state index in [1.165, 1.54) is 12.1 Å². The van der Waals surface area contributed by atoms with Gasteiger partial charge in [-0.2, -0.15) is 0 Å². The number of benzene rings is 1. The number of amides is 1. The monoisotopic (exact) mass is 310 g/mol. The fourth-order valence-corrected chi connectivity index (χ4v) is 2.17. The maximum atomic E-state index is 11.8. The Kier molecular flexibility index (Phi) is 4.82. The van der Waals surface area contributed by atoms with Gasteiger partial charge in [-0.3, -0.25) is 9.78 Å². The Labute approximate surface area is 126 Å². The van der Waals surface area contributed by atoms with Gasteiger partial charge in [0.15, 0.2) is 5.75 Å². The highest BCUT2D eigenvalue weighted by atomic mass is 35.5. The quantitative estimate of drug-likeness (QED) is 0.847. The summed E-state index contributed by atoms with van der Waals surface area (Å²) in [7, 11) is 0. The number of phenolic OH excluding ortho intramolecular Hbond substituents is 1. The Hall–Kier alpha value is -1.78. The number of carbonyl (C=O) groups is 1. The lowest BCUT2D eigenvalue weighted by atomic mass is 10.1. The fourth-order valence-electron chi connectivity index (χ4n) is 1.68. The summed E-state index contributed by atoms with van der Waals surface area (Å²) in [5.74, 6) is -0.413. The molecule has 1 aromatic carbocycles. The van der Waals surface area contributed by atoms with Crippen LogP contribution in [0.5, 0.6) is 5.75 Å². The molecule has 0 aliphatic carbocycles. The van der Waals surface area contributed by atoms with Crippen molar-refractivity contribution in [3.8, 4) is 5.75 Å². The lowest BCUT2D eigenvalue weighted by molar-refractivity contribution is -0.116. The highest BCUT2D eigenvalue weighted by Gasteiger charge is 2.11. The van der Waals surface area contributed by atoms with Crippen LogP contribution in [0, 0.1) is 0 Å². The third-order valence-electron chi connectivity index (χ3n) is 2.69. The summed E-state index contributed by atoms with van der Waals surface area (Å²) in [5, 5.41) is 12.8. The molecule has 0 saturated carbocycles. The van der Waals surface area contributed by atoms with E-state index in [-0.39, 0.29) is 28.8 Å². The van der Waals surface area contributed by atoms with Gasteiger partial charge in [-0.15, -0.1) is 0 Å². The van der Waals surface area contributed by atoms with Gasteiger partial charge in [0.25, 0.3) is 0 Å². The molecule has 2 aromatic rings. The smallest absolute Gasteiger partial charge is 0.224 e. The Morgan fingerprint density at radius 3 is 2.65 bits per heavy atom. The first-order chi connectivity index (χ1) is 9.56. The molecule has 4 nitrogen and oxygen atoms in total. The number of aryl methyl sites for hydroxylation is 1. The van der Waals surface area contributed by atoms with E-state index in [4.69, 9.17) is 23.2 Å². The predicted molar refractivity (Wildman–Crippen MR) is 79.3 cm³/mol. The van der Waals surface area contributed by atoms with E-state index < -0.39 is 0 Å². The number of rotatable bonds is 4. The molecule has 1 aromatic heterocycles. The zero-order chi connectivity index (χ0) is 14.5. The minimum absolute atomic E-state index is 0.0990. The topological polar surface area (TPSA) is 62.2 Å². The van der Waals surface area contributed by atoms with Crippen molar-refractivity contribution in [2.24, 2.45) is 0 Å². The number of halogens is 2. The molecule has 0 fully saturated rings. The molecule has 0 aliphatic heterocycles. The van der Waals surface area contributed by atoms with Crippen molar-refractivity contribution < 1.29 is 9.90 Å². The standard InChI is InChI=1S/C14H12Cl2N2O2/c15-10-7-11(16)14(20)12(8-10)18-13(19)2-1-9-3-5-17-6-4-9/h3-8,20H,1-2H2,(H,18,19). The highest BCUT2D eigenvalue weighted by Crippen LogP contribution is 2.35. The fraction of sp³-hybridized carbons (Fsp3) is 0.143. The summed E-state index contributed by atoms with van der Waals surface area (Å²) in [6.07, 6.45) is 4.22. The summed E-state index contributed by atoms with van der Waals surface area (Å²) >= 11 is 11.6. The molecular formula is C14H12Cl2N2O2. The molecule has 0 radical (unpaired) electrons. The van der Waals surface area contributed by atoms with Crippen LogP contribution >= 0.6 is 23.2 Å². The van der Waals surface area contributed by atoms with Crippen molar-refractivity contribution in [3.63, 3.8) is 0 Å². The highest BCUT2D eigenvalue weighted by molar-refractivity contribution is 6.36. The molecule has 0 saturated heterocycles.